The molecule has 0 spiro atoms. The van der Waals surface area contributed by atoms with Gasteiger partial charge < -0.3 is 14.6 Å². The number of piperidine rings is 1. The van der Waals surface area contributed by atoms with Gasteiger partial charge in [-0.05, 0) is 84.2 Å². The van der Waals surface area contributed by atoms with Gasteiger partial charge in [0.1, 0.15) is 5.60 Å². The third-order valence-corrected chi connectivity index (χ3v) is 6.00. The summed E-state index contributed by atoms with van der Waals surface area (Å²) in [6.45, 7) is 13.3. The smallest absolute Gasteiger partial charge is 0.410 e. The van der Waals surface area contributed by atoms with Crippen molar-refractivity contribution in [3.63, 3.8) is 0 Å². The lowest BCUT2D eigenvalue weighted by molar-refractivity contribution is 0.0199. The Balaban J connectivity index is 1.47. The van der Waals surface area contributed by atoms with Crippen LogP contribution in [0.3, 0.4) is 0 Å². The number of aromatic amines is 1. The fourth-order valence-electron chi connectivity index (χ4n) is 4.40. The molecule has 172 valence electrons. The Bertz CT molecular complexity index is 1230. The Morgan fingerprint density at radius 2 is 1.76 bits per heavy atom. The number of rotatable bonds is 1. The quantitative estimate of drug-likeness (QED) is 0.459. The number of H-pyrrole nitrogens is 1. The third kappa shape index (κ3) is 5.39. The van der Waals surface area contributed by atoms with Gasteiger partial charge in [-0.3, -0.25) is 4.98 Å². The van der Waals surface area contributed by atoms with Crippen LogP contribution in [0.2, 0.25) is 0 Å². The largest absolute Gasteiger partial charge is 0.444 e. The van der Waals surface area contributed by atoms with Crippen molar-refractivity contribution < 1.29 is 9.53 Å². The summed E-state index contributed by atoms with van der Waals surface area (Å²) in [6, 6.07) is 10.6. The van der Waals surface area contributed by atoms with Gasteiger partial charge in [0.2, 0.25) is 0 Å². The average Bonchev–Trinajstić information content (AvgIpc) is 3.06. The summed E-state index contributed by atoms with van der Waals surface area (Å²) >= 11 is 0. The van der Waals surface area contributed by atoms with Crippen LogP contribution in [0.4, 0.5) is 4.79 Å². The minimum Gasteiger partial charge on any atom is -0.444 e. The van der Waals surface area contributed by atoms with E-state index in [-0.39, 0.29) is 6.09 Å². The second kappa shape index (κ2) is 8.94. The number of nitrogens with zero attached hydrogens (tertiary/aromatic N) is 2. The molecule has 1 fully saturated rings. The van der Waals surface area contributed by atoms with Crippen LogP contribution in [0.5, 0.6) is 0 Å². The molecule has 1 aliphatic rings. The molecule has 1 aromatic carbocycles. The molecule has 33 heavy (non-hydrogen) atoms. The molecule has 0 unspecified atom stereocenters. The zero-order valence-corrected chi connectivity index (χ0v) is 20.5. The van der Waals surface area contributed by atoms with Gasteiger partial charge in [0.15, 0.2) is 0 Å². The van der Waals surface area contributed by atoms with Crippen LogP contribution in [0, 0.1) is 38.5 Å². The lowest BCUT2D eigenvalue weighted by atomic mass is 9.97. The van der Waals surface area contributed by atoms with Crippen molar-refractivity contribution in [2.24, 2.45) is 5.92 Å². The van der Waals surface area contributed by atoms with Gasteiger partial charge in [0.05, 0.1) is 0 Å². The van der Waals surface area contributed by atoms with E-state index >= 15 is 0 Å². The minimum absolute atomic E-state index is 0.225. The number of nitrogens with one attached hydrogen (secondary N) is 1. The molecule has 3 heterocycles. The molecule has 0 saturated carbocycles. The maximum atomic E-state index is 12.3. The topological polar surface area (TPSA) is 58.2 Å². The first kappa shape index (κ1) is 22.9. The molecule has 5 nitrogen and oxygen atoms in total. The Kier molecular flexibility index (Phi) is 6.21. The fourth-order valence-corrected chi connectivity index (χ4v) is 4.40. The minimum atomic E-state index is -0.461. The number of carbonyl (C=O) groups excluding carboxylic acids is 1. The number of likely N-dealkylation sites (tertiary alicyclic amines) is 1. The number of hydrogen-bond donors (Lipinski definition) is 1. The number of aryl methyl sites for hydroxylation is 3. The van der Waals surface area contributed by atoms with Crippen molar-refractivity contribution in [2.75, 3.05) is 13.1 Å². The Hall–Kier alpha value is -3.26. The number of aromatic nitrogens is 2. The van der Waals surface area contributed by atoms with Crippen molar-refractivity contribution >= 4 is 17.0 Å². The summed E-state index contributed by atoms with van der Waals surface area (Å²) in [5.74, 6) is 7.08. The zero-order valence-electron chi connectivity index (χ0n) is 20.5. The molecular formula is C28H33N3O2. The highest BCUT2D eigenvalue weighted by atomic mass is 16.6. The second-order valence-corrected chi connectivity index (χ2v) is 10.0. The molecule has 5 heteroatoms. The summed E-state index contributed by atoms with van der Waals surface area (Å²) in [5, 5.41) is 1.22. The number of benzene rings is 1. The molecule has 1 aliphatic heterocycles. The number of carbonyl (C=O) groups is 1. The molecule has 1 amide bonds. The fraction of sp³-hybridized carbons (Fsp3) is 0.429. The van der Waals surface area contributed by atoms with E-state index in [4.69, 9.17) is 4.74 Å². The van der Waals surface area contributed by atoms with Crippen LogP contribution in [-0.4, -0.2) is 39.7 Å². The highest BCUT2D eigenvalue weighted by molar-refractivity contribution is 5.91. The highest BCUT2D eigenvalue weighted by Crippen LogP contribution is 2.31. The van der Waals surface area contributed by atoms with Crippen molar-refractivity contribution in [3.05, 3.63) is 52.8 Å². The highest BCUT2D eigenvalue weighted by Gasteiger charge is 2.26. The number of fused-ring (bicyclic) bond motifs is 1. The molecule has 2 aromatic heterocycles. The molecule has 4 rings (SSSR count). The standard InChI is InChI=1S/C28H33N3O2/c1-18-15-23(16-19(2)29-18)26-20(3)24-10-9-22(17-25(24)30-26)8-7-21-11-13-31(14-12-21)27(32)33-28(4,5)6/h9-10,15-17,21,30H,11-14H2,1-6H3. The Morgan fingerprint density at radius 1 is 1.09 bits per heavy atom. The van der Waals surface area contributed by atoms with E-state index in [9.17, 15) is 4.79 Å². The monoisotopic (exact) mass is 443 g/mol. The average molecular weight is 444 g/mol. The van der Waals surface area contributed by atoms with E-state index in [2.05, 4.69) is 59.1 Å². The first-order valence-electron chi connectivity index (χ1n) is 11.7. The maximum absolute atomic E-state index is 12.3. The third-order valence-electron chi connectivity index (χ3n) is 6.00. The van der Waals surface area contributed by atoms with Crippen LogP contribution in [-0.2, 0) is 4.74 Å². The van der Waals surface area contributed by atoms with Crippen LogP contribution in [0.15, 0.2) is 30.3 Å². The van der Waals surface area contributed by atoms with Crippen molar-refractivity contribution in [1.29, 1.82) is 0 Å². The van der Waals surface area contributed by atoms with Crippen molar-refractivity contribution in [1.82, 2.24) is 14.9 Å². The van der Waals surface area contributed by atoms with Crippen LogP contribution < -0.4 is 0 Å². The maximum Gasteiger partial charge on any atom is 0.410 e. The van der Waals surface area contributed by atoms with Gasteiger partial charge in [-0.15, -0.1) is 0 Å². The lowest BCUT2D eigenvalue weighted by Gasteiger charge is -2.31. The number of amides is 1. The van der Waals surface area contributed by atoms with Gasteiger partial charge in [0.25, 0.3) is 0 Å². The molecule has 0 radical (unpaired) electrons. The van der Waals surface area contributed by atoms with Gasteiger partial charge in [-0.1, -0.05) is 17.9 Å². The number of hydrogen-bond acceptors (Lipinski definition) is 3. The zero-order chi connectivity index (χ0) is 23.8. The second-order valence-electron chi connectivity index (χ2n) is 10.0. The summed E-state index contributed by atoms with van der Waals surface area (Å²) in [5.41, 5.74) is 7.23. The first-order chi connectivity index (χ1) is 15.6. The number of ether oxygens (including phenoxy) is 1. The van der Waals surface area contributed by atoms with E-state index in [1.54, 1.807) is 4.90 Å². The van der Waals surface area contributed by atoms with E-state index < -0.39 is 5.60 Å². The Morgan fingerprint density at radius 3 is 2.39 bits per heavy atom. The van der Waals surface area contributed by atoms with Gasteiger partial charge in [-0.25, -0.2) is 4.79 Å². The predicted octanol–water partition coefficient (Wildman–Crippen LogP) is 6.15. The summed E-state index contributed by atoms with van der Waals surface area (Å²) < 4.78 is 5.48. The van der Waals surface area contributed by atoms with E-state index in [1.165, 1.54) is 10.9 Å². The molecular weight excluding hydrogens is 410 g/mol. The summed E-state index contributed by atoms with van der Waals surface area (Å²) in [4.78, 5) is 22.1. The number of pyridine rings is 1. The van der Waals surface area contributed by atoms with Crippen molar-refractivity contribution in [2.45, 2.75) is 60.0 Å². The Labute approximate surface area is 196 Å². The van der Waals surface area contributed by atoms with Gasteiger partial charge in [0, 0.05) is 58.1 Å². The normalized spacial score (nSPS) is 14.8. The van der Waals surface area contributed by atoms with E-state index in [0.29, 0.717) is 19.0 Å². The van der Waals surface area contributed by atoms with Crippen molar-refractivity contribution in [3.8, 4) is 23.1 Å². The molecule has 0 aliphatic carbocycles. The molecule has 3 aromatic rings. The first-order valence-corrected chi connectivity index (χ1v) is 11.7. The van der Waals surface area contributed by atoms with E-state index in [0.717, 1.165) is 46.6 Å². The lowest BCUT2D eigenvalue weighted by Crippen LogP contribution is -2.41. The summed E-state index contributed by atoms with van der Waals surface area (Å²) in [6.07, 6.45) is 1.53. The SMILES string of the molecule is Cc1cc(-c2[nH]c3cc(C#CC4CCN(C(=O)OC(C)(C)C)CC4)ccc3c2C)cc(C)n1. The predicted molar refractivity (Wildman–Crippen MR) is 133 cm³/mol. The van der Waals surface area contributed by atoms with Gasteiger partial charge >= 0.3 is 6.09 Å². The molecule has 0 bridgehead atoms. The molecule has 1 N–H and O–H groups in total. The summed E-state index contributed by atoms with van der Waals surface area (Å²) in [7, 11) is 0. The van der Waals surface area contributed by atoms with Crippen LogP contribution in [0.25, 0.3) is 22.2 Å². The molecule has 0 atom stereocenters. The van der Waals surface area contributed by atoms with Gasteiger partial charge in [-0.2, -0.15) is 0 Å². The molecule has 1 saturated heterocycles. The van der Waals surface area contributed by atoms with Crippen LogP contribution >= 0.6 is 0 Å². The van der Waals surface area contributed by atoms with Crippen LogP contribution in [0.1, 0.15) is 56.1 Å². The van der Waals surface area contributed by atoms with E-state index in [1.807, 2.05) is 34.6 Å².